The highest BCUT2D eigenvalue weighted by Crippen LogP contribution is 2.28. The van der Waals surface area contributed by atoms with Crippen LogP contribution in [0.15, 0.2) is 104 Å². The van der Waals surface area contributed by atoms with Crippen molar-refractivity contribution in [3.63, 3.8) is 0 Å². The van der Waals surface area contributed by atoms with Gasteiger partial charge in [0.15, 0.2) is 6.61 Å². The molecule has 4 rings (SSSR count). The third-order valence-corrected chi connectivity index (χ3v) is 4.66. The van der Waals surface area contributed by atoms with E-state index >= 15 is 0 Å². The Morgan fingerprint density at radius 3 is 2.50 bits per heavy atom. The molecule has 0 saturated carbocycles. The van der Waals surface area contributed by atoms with Gasteiger partial charge in [0.25, 0.3) is 5.91 Å². The van der Waals surface area contributed by atoms with Gasteiger partial charge >= 0.3 is 0 Å². The van der Waals surface area contributed by atoms with E-state index in [1.165, 1.54) is 0 Å². The predicted octanol–water partition coefficient (Wildman–Crippen LogP) is 5.09. The van der Waals surface area contributed by atoms with Gasteiger partial charge in [0.05, 0.1) is 12.0 Å². The molecule has 0 aliphatic carbocycles. The van der Waals surface area contributed by atoms with Crippen molar-refractivity contribution < 1.29 is 9.53 Å². The molecule has 4 aromatic rings. The lowest BCUT2D eigenvalue weighted by atomic mass is 10.0. The van der Waals surface area contributed by atoms with E-state index < -0.39 is 0 Å². The van der Waals surface area contributed by atoms with E-state index in [4.69, 9.17) is 4.74 Å². The van der Waals surface area contributed by atoms with Crippen LogP contribution in [0.3, 0.4) is 0 Å². The van der Waals surface area contributed by atoms with Crippen LogP contribution >= 0.6 is 0 Å². The quantitative estimate of drug-likeness (QED) is 0.474. The highest BCUT2D eigenvalue weighted by atomic mass is 16.5. The van der Waals surface area contributed by atoms with Gasteiger partial charge in [-0.3, -0.25) is 4.79 Å². The number of anilines is 1. The molecule has 1 aromatic heterocycles. The highest BCUT2D eigenvalue weighted by molar-refractivity contribution is 5.96. The fourth-order valence-electron chi connectivity index (χ4n) is 3.18. The first-order valence-corrected chi connectivity index (χ1v) is 9.56. The van der Waals surface area contributed by atoms with Crippen LogP contribution in [0.25, 0.3) is 16.8 Å². The summed E-state index contributed by atoms with van der Waals surface area (Å²) in [6.07, 6.45) is 5.17. The van der Waals surface area contributed by atoms with Gasteiger partial charge < -0.3 is 14.6 Å². The van der Waals surface area contributed by atoms with Crippen LogP contribution in [0.2, 0.25) is 0 Å². The number of carbonyl (C=O) groups is 1. The second-order valence-electron chi connectivity index (χ2n) is 6.66. The predicted molar refractivity (Wildman–Crippen MR) is 119 cm³/mol. The monoisotopic (exact) mass is 395 g/mol. The minimum atomic E-state index is -0.235. The van der Waals surface area contributed by atoms with Crippen LogP contribution < -0.4 is 10.1 Å². The minimum absolute atomic E-state index is 0.114. The molecule has 0 bridgehead atoms. The molecule has 3 aromatic carbocycles. The number of carbonyl (C=O) groups excluding carboxylic acids is 1. The molecule has 0 unspecified atom stereocenters. The summed E-state index contributed by atoms with van der Waals surface area (Å²) in [5.74, 6) is 0.351. The number of hydrogen-bond acceptors (Lipinski definition) is 3. The van der Waals surface area contributed by atoms with Crippen molar-refractivity contribution in [1.82, 2.24) is 9.55 Å². The van der Waals surface area contributed by atoms with E-state index in [1.807, 2.05) is 85.1 Å². The number of nitrogens with zero attached hydrogens (tertiary/aromatic N) is 2. The number of ether oxygens (including phenoxy) is 1. The number of amides is 1. The topological polar surface area (TPSA) is 56.1 Å². The van der Waals surface area contributed by atoms with E-state index in [-0.39, 0.29) is 12.5 Å². The molecular formula is C25H21N3O2. The van der Waals surface area contributed by atoms with E-state index in [0.717, 1.165) is 28.1 Å². The first-order valence-electron chi connectivity index (χ1n) is 9.56. The molecule has 1 N–H and O–H groups in total. The van der Waals surface area contributed by atoms with Crippen molar-refractivity contribution in [3.05, 3.63) is 110 Å². The van der Waals surface area contributed by atoms with Gasteiger partial charge in [-0.1, -0.05) is 67.2 Å². The molecule has 0 atom stereocenters. The maximum absolute atomic E-state index is 12.6. The molecule has 0 spiro atoms. The molecule has 1 amide bonds. The number of para-hydroxylation sites is 2. The molecule has 0 fully saturated rings. The van der Waals surface area contributed by atoms with Gasteiger partial charge in [-0.15, -0.1) is 0 Å². The standard InChI is InChI=1S/C25H21N3O2/c1-19(28-16-15-26-18-28)21-11-6-8-14-24(21)30-17-25(29)27-23-13-7-5-12-22(23)20-9-3-2-4-10-20/h2-16,18H,1,17H2,(H,27,29). The van der Waals surface area contributed by atoms with Crippen molar-refractivity contribution in [2.45, 2.75) is 0 Å². The van der Waals surface area contributed by atoms with Gasteiger partial charge in [-0.05, 0) is 23.8 Å². The Hall–Kier alpha value is -4.12. The zero-order chi connectivity index (χ0) is 20.8. The molecular weight excluding hydrogens is 374 g/mol. The average Bonchev–Trinajstić information content (AvgIpc) is 3.33. The van der Waals surface area contributed by atoms with Crippen molar-refractivity contribution in [2.24, 2.45) is 0 Å². The lowest BCUT2D eigenvalue weighted by molar-refractivity contribution is -0.118. The maximum Gasteiger partial charge on any atom is 0.262 e. The first-order chi connectivity index (χ1) is 14.7. The SMILES string of the molecule is C=C(c1ccccc1OCC(=O)Nc1ccccc1-c1ccccc1)n1ccnc1. The summed E-state index contributed by atoms with van der Waals surface area (Å²) < 4.78 is 7.63. The van der Waals surface area contributed by atoms with E-state index in [9.17, 15) is 4.79 Å². The van der Waals surface area contributed by atoms with E-state index in [0.29, 0.717) is 5.75 Å². The second-order valence-corrected chi connectivity index (χ2v) is 6.66. The summed E-state index contributed by atoms with van der Waals surface area (Å²) in [6.45, 7) is 4.00. The molecule has 0 aliphatic heterocycles. The minimum Gasteiger partial charge on any atom is -0.483 e. The van der Waals surface area contributed by atoms with Gasteiger partial charge in [-0.25, -0.2) is 4.98 Å². The number of nitrogens with one attached hydrogen (secondary N) is 1. The van der Waals surface area contributed by atoms with E-state index in [1.54, 1.807) is 17.1 Å². The molecule has 0 aliphatic rings. The summed E-state index contributed by atoms with van der Waals surface area (Å²) in [4.78, 5) is 16.7. The van der Waals surface area contributed by atoms with Crippen LogP contribution in [0, 0.1) is 0 Å². The summed E-state index contributed by atoms with van der Waals surface area (Å²) in [5, 5.41) is 2.95. The second kappa shape index (κ2) is 8.92. The van der Waals surface area contributed by atoms with Gasteiger partial charge in [0.1, 0.15) is 5.75 Å². The largest absolute Gasteiger partial charge is 0.483 e. The van der Waals surface area contributed by atoms with Crippen LogP contribution in [0.4, 0.5) is 5.69 Å². The first kappa shape index (κ1) is 19.2. The number of imidazole rings is 1. The summed E-state index contributed by atoms with van der Waals surface area (Å²) in [5.41, 5.74) is 4.26. The lowest BCUT2D eigenvalue weighted by Gasteiger charge is -2.15. The zero-order valence-corrected chi connectivity index (χ0v) is 16.4. The van der Waals surface area contributed by atoms with Gasteiger partial charge in [0.2, 0.25) is 0 Å². The van der Waals surface area contributed by atoms with Crippen LogP contribution in [0.1, 0.15) is 5.56 Å². The molecule has 5 nitrogen and oxygen atoms in total. The maximum atomic E-state index is 12.6. The number of hydrogen-bond donors (Lipinski definition) is 1. The molecule has 0 saturated heterocycles. The Balaban J connectivity index is 1.47. The normalized spacial score (nSPS) is 10.4. The fraction of sp³-hybridized carbons (Fsp3) is 0.0400. The lowest BCUT2D eigenvalue weighted by Crippen LogP contribution is -2.21. The van der Waals surface area contributed by atoms with Crippen molar-refractivity contribution in [1.29, 1.82) is 0 Å². The zero-order valence-electron chi connectivity index (χ0n) is 16.4. The molecule has 5 heteroatoms. The van der Waals surface area contributed by atoms with Crippen molar-refractivity contribution in [3.8, 4) is 16.9 Å². The Kier molecular flexibility index (Phi) is 5.71. The highest BCUT2D eigenvalue weighted by Gasteiger charge is 2.12. The summed E-state index contributed by atoms with van der Waals surface area (Å²) in [7, 11) is 0. The molecule has 1 heterocycles. The van der Waals surface area contributed by atoms with Crippen LogP contribution in [-0.2, 0) is 4.79 Å². The summed E-state index contributed by atoms with van der Waals surface area (Å²) in [6, 6.07) is 25.1. The third kappa shape index (κ3) is 4.31. The van der Waals surface area contributed by atoms with Crippen molar-refractivity contribution >= 4 is 17.3 Å². The molecule has 0 radical (unpaired) electrons. The Bertz CT molecular complexity index is 1150. The van der Waals surface area contributed by atoms with Crippen molar-refractivity contribution in [2.75, 3.05) is 11.9 Å². The Morgan fingerprint density at radius 1 is 0.967 bits per heavy atom. The van der Waals surface area contributed by atoms with Gasteiger partial charge in [-0.2, -0.15) is 0 Å². The number of benzene rings is 3. The molecule has 148 valence electrons. The number of rotatable bonds is 7. The van der Waals surface area contributed by atoms with Crippen LogP contribution in [-0.4, -0.2) is 22.1 Å². The Morgan fingerprint density at radius 2 is 1.70 bits per heavy atom. The van der Waals surface area contributed by atoms with Gasteiger partial charge in [0, 0.05) is 29.2 Å². The third-order valence-electron chi connectivity index (χ3n) is 4.66. The van der Waals surface area contributed by atoms with Crippen LogP contribution in [0.5, 0.6) is 5.75 Å². The number of aromatic nitrogens is 2. The summed E-state index contributed by atoms with van der Waals surface area (Å²) >= 11 is 0. The van der Waals surface area contributed by atoms with E-state index in [2.05, 4.69) is 16.9 Å². The average molecular weight is 395 g/mol. The smallest absolute Gasteiger partial charge is 0.262 e. The molecule has 30 heavy (non-hydrogen) atoms. The Labute approximate surface area is 175 Å². The fourth-order valence-corrected chi connectivity index (χ4v) is 3.18.